The molecule has 1 unspecified atom stereocenters. The topological polar surface area (TPSA) is 64.9 Å². The van der Waals surface area contributed by atoms with Crippen LogP contribution < -0.4 is 10.1 Å². The van der Waals surface area contributed by atoms with Gasteiger partial charge in [-0.25, -0.2) is 9.07 Å². The molecule has 7 heteroatoms. The predicted octanol–water partition coefficient (Wildman–Crippen LogP) is 5.47. The van der Waals surface area contributed by atoms with Crippen molar-refractivity contribution >= 4 is 11.6 Å². The van der Waals surface area contributed by atoms with E-state index in [-0.39, 0.29) is 11.7 Å². The van der Waals surface area contributed by atoms with Gasteiger partial charge in [0, 0.05) is 35.6 Å². The van der Waals surface area contributed by atoms with E-state index >= 15 is 0 Å². The molecule has 2 aromatic carbocycles. The summed E-state index contributed by atoms with van der Waals surface area (Å²) < 4.78 is 21.8. The molecule has 1 atom stereocenters. The molecule has 0 fully saturated rings. The van der Waals surface area contributed by atoms with Crippen LogP contribution in [0.15, 0.2) is 60.8 Å². The third-order valence-corrected chi connectivity index (χ3v) is 5.82. The van der Waals surface area contributed by atoms with E-state index in [0.29, 0.717) is 17.3 Å². The monoisotopic (exact) mass is 429 g/mol. The fraction of sp³-hybridized carbons (Fsp3) is 0.240. The van der Waals surface area contributed by atoms with Gasteiger partial charge in [-0.15, -0.1) is 5.10 Å². The van der Waals surface area contributed by atoms with Crippen molar-refractivity contribution in [1.29, 1.82) is 0 Å². The average Bonchev–Trinajstić information content (AvgIpc) is 3.22. The number of hydrogen-bond donors (Lipinski definition) is 1. The largest absolute Gasteiger partial charge is 0.497 e. The Morgan fingerprint density at radius 1 is 1.06 bits per heavy atom. The summed E-state index contributed by atoms with van der Waals surface area (Å²) in [5.74, 6) is 1.53. The summed E-state index contributed by atoms with van der Waals surface area (Å²) >= 11 is 0. The van der Waals surface area contributed by atoms with Crippen LogP contribution in [0, 0.1) is 12.7 Å². The highest BCUT2D eigenvalue weighted by Crippen LogP contribution is 2.36. The Morgan fingerprint density at radius 3 is 2.69 bits per heavy atom. The summed E-state index contributed by atoms with van der Waals surface area (Å²) in [7, 11) is 1.59. The first-order valence-electron chi connectivity index (χ1n) is 10.7. The summed E-state index contributed by atoms with van der Waals surface area (Å²) in [6, 6.07) is 17.0. The van der Waals surface area contributed by atoms with Crippen molar-refractivity contribution in [2.24, 2.45) is 0 Å². The van der Waals surface area contributed by atoms with Gasteiger partial charge in [-0.05, 0) is 73.4 Å². The van der Waals surface area contributed by atoms with E-state index in [1.807, 2.05) is 36.0 Å². The van der Waals surface area contributed by atoms with Crippen LogP contribution in [-0.4, -0.2) is 26.9 Å². The first kappa shape index (κ1) is 20.2. The third-order valence-electron chi connectivity index (χ3n) is 5.82. The fourth-order valence-electron chi connectivity index (χ4n) is 4.21. The maximum Gasteiger partial charge on any atom is 0.246 e. The zero-order valence-corrected chi connectivity index (χ0v) is 18.0. The zero-order valence-electron chi connectivity index (χ0n) is 18.0. The van der Waals surface area contributed by atoms with Gasteiger partial charge >= 0.3 is 0 Å². The van der Waals surface area contributed by atoms with Crippen LogP contribution in [0.4, 0.5) is 16.0 Å². The lowest BCUT2D eigenvalue weighted by Crippen LogP contribution is -2.18. The molecule has 0 bridgehead atoms. The molecule has 1 N–H and O–H groups in total. The van der Waals surface area contributed by atoms with Crippen molar-refractivity contribution in [2.45, 2.75) is 32.2 Å². The summed E-state index contributed by atoms with van der Waals surface area (Å²) in [6.07, 6.45) is 3.55. The van der Waals surface area contributed by atoms with Crippen LogP contribution in [0.5, 0.6) is 5.75 Å². The molecule has 1 aliphatic rings. The standard InChI is InChI=1S/C25H24FN5O/c1-16-14-18(11-12-27-16)17-5-7-19(8-6-17)28-25-29-24-21(4-3-13-31(24)30-25)22-15-20(32-2)9-10-23(22)26/h5-12,14-15,21H,3-4,13H2,1-2H3,(H,28,30). The van der Waals surface area contributed by atoms with Gasteiger partial charge in [0.15, 0.2) is 0 Å². The van der Waals surface area contributed by atoms with Crippen molar-refractivity contribution in [1.82, 2.24) is 19.7 Å². The number of benzene rings is 2. The Bertz CT molecular complexity index is 1250. The van der Waals surface area contributed by atoms with Crippen molar-refractivity contribution in [3.8, 4) is 16.9 Å². The van der Waals surface area contributed by atoms with Crippen molar-refractivity contribution in [2.75, 3.05) is 12.4 Å². The number of fused-ring (bicyclic) bond motifs is 1. The zero-order chi connectivity index (χ0) is 22.1. The molecule has 1 aliphatic heterocycles. The highest BCUT2D eigenvalue weighted by Gasteiger charge is 2.28. The number of pyridine rings is 1. The van der Waals surface area contributed by atoms with Crippen LogP contribution in [0.1, 0.15) is 35.8 Å². The molecule has 0 radical (unpaired) electrons. The number of anilines is 2. The second-order valence-electron chi connectivity index (χ2n) is 7.99. The number of aryl methyl sites for hydroxylation is 2. The van der Waals surface area contributed by atoms with Crippen LogP contribution in [0.3, 0.4) is 0 Å². The number of ether oxygens (including phenoxy) is 1. The van der Waals surface area contributed by atoms with Gasteiger partial charge in [0.1, 0.15) is 17.4 Å². The smallest absolute Gasteiger partial charge is 0.246 e. The highest BCUT2D eigenvalue weighted by atomic mass is 19.1. The molecule has 3 heterocycles. The first-order valence-corrected chi connectivity index (χ1v) is 10.7. The number of halogens is 1. The van der Waals surface area contributed by atoms with Gasteiger partial charge in [0.05, 0.1) is 7.11 Å². The van der Waals surface area contributed by atoms with Crippen molar-refractivity contribution in [3.05, 3.63) is 83.7 Å². The minimum absolute atomic E-state index is 0.154. The Labute approximate surface area is 186 Å². The lowest BCUT2D eigenvalue weighted by Gasteiger charge is -2.23. The lowest BCUT2D eigenvalue weighted by atomic mass is 9.90. The van der Waals surface area contributed by atoms with Crippen molar-refractivity contribution < 1.29 is 9.13 Å². The van der Waals surface area contributed by atoms with Crippen LogP contribution in [-0.2, 0) is 6.54 Å². The lowest BCUT2D eigenvalue weighted by molar-refractivity contribution is 0.407. The Hall–Kier alpha value is -3.74. The van der Waals surface area contributed by atoms with Gasteiger partial charge < -0.3 is 10.1 Å². The summed E-state index contributed by atoms with van der Waals surface area (Å²) in [5.41, 5.74) is 4.72. The molecule has 2 aromatic heterocycles. The second-order valence-corrected chi connectivity index (χ2v) is 7.99. The van der Waals surface area contributed by atoms with E-state index in [2.05, 4.69) is 33.6 Å². The van der Waals surface area contributed by atoms with E-state index in [4.69, 9.17) is 9.72 Å². The summed E-state index contributed by atoms with van der Waals surface area (Å²) in [4.78, 5) is 8.97. The minimum atomic E-state index is -0.247. The van der Waals surface area contributed by atoms with E-state index in [1.54, 1.807) is 19.2 Å². The SMILES string of the molecule is COc1ccc(F)c(C2CCCn3nc(Nc4ccc(-c5ccnc(C)c5)cc4)nc32)c1. The number of methoxy groups -OCH3 is 1. The molecule has 0 saturated carbocycles. The normalized spacial score (nSPS) is 15.3. The van der Waals surface area contributed by atoms with Crippen LogP contribution >= 0.6 is 0 Å². The van der Waals surface area contributed by atoms with Gasteiger partial charge in [-0.2, -0.15) is 4.98 Å². The maximum atomic E-state index is 14.6. The third kappa shape index (κ3) is 3.93. The quantitative estimate of drug-likeness (QED) is 0.456. The first-order chi connectivity index (χ1) is 15.6. The number of nitrogens with one attached hydrogen (secondary N) is 1. The van der Waals surface area contributed by atoms with E-state index < -0.39 is 0 Å². The van der Waals surface area contributed by atoms with Gasteiger partial charge in [0.25, 0.3) is 0 Å². The van der Waals surface area contributed by atoms with Crippen LogP contribution in [0.2, 0.25) is 0 Å². The predicted molar refractivity (Wildman–Crippen MR) is 122 cm³/mol. The maximum absolute atomic E-state index is 14.6. The number of nitrogens with zero attached hydrogens (tertiary/aromatic N) is 4. The molecule has 4 aromatic rings. The highest BCUT2D eigenvalue weighted by molar-refractivity contribution is 5.67. The van der Waals surface area contributed by atoms with E-state index in [1.165, 1.54) is 6.07 Å². The van der Waals surface area contributed by atoms with E-state index in [9.17, 15) is 4.39 Å². The minimum Gasteiger partial charge on any atom is -0.497 e. The molecule has 6 nitrogen and oxygen atoms in total. The molecule has 162 valence electrons. The Kier molecular flexibility index (Phi) is 5.31. The molecule has 0 aliphatic carbocycles. The van der Waals surface area contributed by atoms with Gasteiger partial charge in [-0.1, -0.05) is 12.1 Å². The molecular weight excluding hydrogens is 405 g/mol. The van der Waals surface area contributed by atoms with Gasteiger partial charge in [0.2, 0.25) is 5.95 Å². The molecular formula is C25H24FN5O. The molecule has 0 spiro atoms. The van der Waals surface area contributed by atoms with Crippen LogP contribution in [0.25, 0.3) is 11.1 Å². The molecule has 5 rings (SSSR count). The molecule has 32 heavy (non-hydrogen) atoms. The fourth-order valence-corrected chi connectivity index (χ4v) is 4.21. The molecule has 0 saturated heterocycles. The Balaban J connectivity index is 1.39. The number of aromatic nitrogens is 4. The second kappa shape index (κ2) is 8.42. The number of hydrogen-bond acceptors (Lipinski definition) is 5. The van der Waals surface area contributed by atoms with Crippen molar-refractivity contribution in [3.63, 3.8) is 0 Å². The summed E-state index contributed by atoms with van der Waals surface area (Å²) in [6.45, 7) is 2.75. The average molecular weight is 429 g/mol. The Morgan fingerprint density at radius 2 is 1.91 bits per heavy atom. The van der Waals surface area contributed by atoms with E-state index in [0.717, 1.165) is 47.7 Å². The number of rotatable bonds is 5. The summed E-state index contributed by atoms with van der Waals surface area (Å²) in [5, 5.41) is 7.91. The van der Waals surface area contributed by atoms with Gasteiger partial charge in [-0.3, -0.25) is 4.98 Å². The molecule has 0 amide bonds.